The first-order valence-corrected chi connectivity index (χ1v) is 9.78. The van der Waals surface area contributed by atoms with E-state index in [-0.39, 0.29) is 26.4 Å². The van der Waals surface area contributed by atoms with Crippen molar-refractivity contribution in [3.8, 4) is 0 Å². The highest BCUT2D eigenvalue weighted by Crippen LogP contribution is 2.36. The number of rotatable bonds is 12. The van der Waals surface area contributed by atoms with Crippen LogP contribution in [0.3, 0.4) is 0 Å². The van der Waals surface area contributed by atoms with Crippen LogP contribution >= 0.6 is 7.34 Å². The number of H-pyrrole nitrogens is 1. The predicted octanol–water partition coefficient (Wildman–Crippen LogP) is 0.188. The van der Waals surface area contributed by atoms with Crippen LogP contribution < -0.4 is 11.2 Å². The number of nitrogens with zero attached hydrogens (tertiary/aromatic N) is 1. The van der Waals surface area contributed by atoms with E-state index in [1.165, 1.54) is 30.6 Å². The van der Waals surface area contributed by atoms with Crippen LogP contribution in [0.5, 0.6) is 0 Å². The molecule has 0 fully saturated rings. The quantitative estimate of drug-likeness (QED) is 0.304. The minimum Gasteiger partial charge on any atom is -0.382 e. The topological polar surface area (TPSA) is 112 Å². The Hall–Kier alpha value is -1.48. The molecule has 1 heterocycles. The van der Waals surface area contributed by atoms with Crippen molar-refractivity contribution in [1.82, 2.24) is 9.55 Å². The summed E-state index contributed by atoms with van der Waals surface area (Å²) in [7, 11) is -1.21. The van der Waals surface area contributed by atoms with E-state index in [1.807, 2.05) is 0 Å². The number of aromatic nitrogens is 2. The SMILES string of the molecule is C=CCOC[C@@H](O[C@H](COC)COP(=C)(C)O)n1ccc(=O)[nH]c1=O. The molecule has 0 aromatic carbocycles. The Morgan fingerprint density at radius 2 is 2.12 bits per heavy atom. The van der Waals surface area contributed by atoms with Crippen LogP contribution in [-0.4, -0.2) is 67.0 Å². The van der Waals surface area contributed by atoms with Gasteiger partial charge in [-0.3, -0.25) is 14.3 Å². The Labute approximate surface area is 145 Å². The van der Waals surface area contributed by atoms with E-state index in [1.54, 1.807) is 6.08 Å². The van der Waals surface area contributed by atoms with E-state index < -0.39 is 30.9 Å². The summed E-state index contributed by atoms with van der Waals surface area (Å²) in [6, 6.07) is 1.21. The summed E-state index contributed by atoms with van der Waals surface area (Å²) in [6.45, 7) is 5.53. The van der Waals surface area contributed by atoms with Crippen LogP contribution in [0.25, 0.3) is 0 Å². The number of nitrogens with one attached hydrogen (secondary N) is 1. The normalized spacial score (nSPS) is 16.1. The maximum absolute atomic E-state index is 12.0. The molecule has 0 aliphatic rings. The summed E-state index contributed by atoms with van der Waals surface area (Å²) in [5.74, 6) is 0. The molecule has 0 aliphatic heterocycles. The van der Waals surface area contributed by atoms with E-state index in [0.29, 0.717) is 0 Å². The summed E-state index contributed by atoms with van der Waals surface area (Å²) in [5.41, 5.74) is -1.14. The molecule has 0 saturated carbocycles. The Balaban J connectivity index is 2.95. The van der Waals surface area contributed by atoms with Crippen molar-refractivity contribution >= 4 is 13.6 Å². The van der Waals surface area contributed by atoms with Gasteiger partial charge in [-0.25, -0.2) is 4.79 Å². The molecule has 10 heteroatoms. The molecular weight excluding hydrogens is 351 g/mol. The fourth-order valence-corrected chi connectivity index (χ4v) is 2.36. The summed E-state index contributed by atoms with van der Waals surface area (Å²) in [4.78, 5) is 35.1. The molecule has 0 radical (unpaired) electrons. The van der Waals surface area contributed by atoms with Gasteiger partial charge in [0.1, 0.15) is 13.4 Å². The van der Waals surface area contributed by atoms with Crippen molar-refractivity contribution in [1.29, 1.82) is 0 Å². The molecule has 1 rings (SSSR count). The fraction of sp³-hybridized carbons (Fsp3) is 0.533. The summed E-state index contributed by atoms with van der Waals surface area (Å²) in [6.07, 6.45) is 5.00. The van der Waals surface area contributed by atoms with Gasteiger partial charge in [-0.1, -0.05) is 12.4 Å². The average Bonchev–Trinajstić information content (AvgIpc) is 2.51. The molecule has 0 saturated heterocycles. The van der Waals surface area contributed by atoms with Gasteiger partial charge in [0.25, 0.3) is 5.56 Å². The monoisotopic (exact) mass is 376 g/mol. The van der Waals surface area contributed by atoms with Gasteiger partial charge in [-0.2, -0.15) is 0 Å². The molecule has 0 spiro atoms. The van der Waals surface area contributed by atoms with Crippen LogP contribution in [-0.2, 0) is 18.7 Å². The van der Waals surface area contributed by atoms with E-state index >= 15 is 0 Å². The van der Waals surface area contributed by atoms with Crippen LogP contribution in [0.15, 0.2) is 34.5 Å². The maximum atomic E-state index is 12.0. The maximum Gasteiger partial charge on any atom is 0.330 e. The van der Waals surface area contributed by atoms with Crippen LogP contribution in [0.1, 0.15) is 6.23 Å². The molecule has 3 atom stereocenters. The second-order valence-electron chi connectivity index (χ2n) is 5.36. The third-order valence-electron chi connectivity index (χ3n) is 2.90. The molecule has 1 aromatic heterocycles. The number of ether oxygens (including phenoxy) is 3. The second-order valence-corrected chi connectivity index (χ2v) is 7.72. The summed E-state index contributed by atoms with van der Waals surface area (Å²) < 4.78 is 22.8. The van der Waals surface area contributed by atoms with Crippen molar-refractivity contribution in [3.63, 3.8) is 0 Å². The highest BCUT2D eigenvalue weighted by molar-refractivity contribution is 7.62. The van der Waals surface area contributed by atoms with Gasteiger partial charge in [-0.15, -0.1) is 6.58 Å². The van der Waals surface area contributed by atoms with Gasteiger partial charge < -0.3 is 23.6 Å². The van der Waals surface area contributed by atoms with Gasteiger partial charge in [0.15, 0.2) is 6.23 Å². The fourth-order valence-electron chi connectivity index (χ4n) is 1.87. The summed E-state index contributed by atoms with van der Waals surface area (Å²) >= 11 is 0. The van der Waals surface area contributed by atoms with Gasteiger partial charge in [0.05, 0.1) is 26.4 Å². The van der Waals surface area contributed by atoms with E-state index in [0.717, 1.165) is 0 Å². The van der Waals surface area contributed by atoms with Crippen molar-refractivity contribution in [2.75, 3.05) is 40.2 Å². The number of hydrogen-bond acceptors (Lipinski definition) is 7. The minimum atomic E-state index is -2.70. The highest BCUT2D eigenvalue weighted by Gasteiger charge is 2.21. The standard InChI is InChI=1S/C15H25N2O7P/c1-5-8-22-11-14(17-7-6-13(18)16-15(17)19)24-12(9-21-2)10-23-25(3,4)20/h5-7,12,14,20H,1,3,8-11H2,2,4H3,(H,16,18,19)/t12-,14-,25?/m1/s1. The zero-order valence-electron chi connectivity index (χ0n) is 14.4. The third-order valence-corrected chi connectivity index (χ3v) is 3.60. The average molecular weight is 376 g/mol. The first-order valence-electron chi connectivity index (χ1n) is 7.49. The molecule has 1 aromatic rings. The first kappa shape index (κ1) is 21.6. The molecule has 9 nitrogen and oxygen atoms in total. The minimum absolute atomic E-state index is 0.0220. The van der Waals surface area contributed by atoms with Crippen LogP contribution in [0, 0.1) is 0 Å². The third kappa shape index (κ3) is 8.44. The molecular formula is C15H25N2O7P. The van der Waals surface area contributed by atoms with E-state index in [9.17, 15) is 14.5 Å². The lowest BCUT2D eigenvalue weighted by Crippen LogP contribution is -2.38. The smallest absolute Gasteiger partial charge is 0.330 e. The molecule has 0 aliphatic carbocycles. The highest BCUT2D eigenvalue weighted by atomic mass is 31.2. The Bertz CT molecular complexity index is 694. The Morgan fingerprint density at radius 3 is 2.68 bits per heavy atom. The van der Waals surface area contributed by atoms with Crippen molar-refractivity contribution in [2.45, 2.75) is 12.3 Å². The lowest BCUT2D eigenvalue weighted by molar-refractivity contribution is -0.123. The van der Waals surface area contributed by atoms with Crippen LogP contribution in [0.4, 0.5) is 0 Å². The number of aromatic amines is 1. The zero-order valence-corrected chi connectivity index (χ0v) is 15.3. The first-order chi connectivity index (χ1) is 11.8. The molecule has 0 amide bonds. The Kier molecular flexibility index (Phi) is 9.05. The summed E-state index contributed by atoms with van der Waals surface area (Å²) in [5, 5.41) is 0. The Morgan fingerprint density at radius 1 is 1.40 bits per heavy atom. The second kappa shape index (κ2) is 10.5. The molecule has 25 heavy (non-hydrogen) atoms. The van der Waals surface area contributed by atoms with Crippen molar-refractivity contribution < 1.29 is 23.6 Å². The number of methoxy groups -OCH3 is 1. The lowest BCUT2D eigenvalue weighted by Gasteiger charge is -2.26. The zero-order chi connectivity index (χ0) is 18.9. The van der Waals surface area contributed by atoms with Crippen molar-refractivity contribution in [3.05, 3.63) is 45.8 Å². The largest absolute Gasteiger partial charge is 0.382 e. The van der Waals surface area contributed by atoms with Gasteiger partial charge in [0.2, 0.25) is 0 Å². The van der Waals surface area contributed by atoms with Crippen LogP contribution in [0.2, 0.25) is 0 Å². The van der Waals surface area contributed by atoms with Gasteiger partial charge in [0, 0.05) is 26.0 Å². The molecule has 0 bridgehead atoms. The lowest BCUT2D eigenvalue weighted by atomic mass is 10.4. The van der Waals surface area contributed by atoms with Crippen molar-refractivity contribution in [2.24, 2.45) is 0 Å². The predicted molar refractivity (Wildman–Crippen MR) is 96.3 cm³/mol. The van der Waals surface area contributed by atoms with E-state index in [2.05, 4.69) is 17.9 Å². The molecule has 1 unspecified atom stereocenters. The van der Waals surface area contributed by atoms with Gasteiger partial charge in [-0.05, 0) is 0 Å². The molecule has 2 N–H and O–H groups in total. The molecule has 142 valence electrons. The van der Waals surface area contributed by atoms with Gasteiger partial charge >= 0.3 is 5.69 Å². The van der Waals surface area contributed by atoms with E-state index in [4.69, 9.17) is 18.7 Å². The number of hydrogen-bond donors (Lipinski definition) is 2.